The molecule has 18 heavy (non-hydrogen) atoms. The van der Waals surface area contributed by atoms with Gasteiger partial charge in [-0.1, -0.05) is 32.9 Å². The Kier molecular flexibility index (Phi) is 4.38. The maximum atomic E-state index is 10.8. The normalized spacial score (nSPS) is 13.3. The van der Waals surface area contributed by atoms with E-state index >= 15 is 0 Å². The fourth-order valence-electron chi connectivity index (χ4n) is 1.92. The van der Waals surface area contributed by atoms with E-state index in [1.807, 2.05) is 19.1 Å². The second-order valence-corrected chi connectivity index (χ2v) is 5.66. The molecule has 0 bridgehead atoms. The Balaban J connectivity index is 2.79. The zero-order valence-corrected chi connectivity index (χ0v) is 11.5. The number of phenols is 1. The summed E-state index contributed by atoms with van der Waals surface area (Å²) in [5, 5.41) is 18.4. The van der Waals surface area contributed by atoms with E-state index in [1.54, 1.807) is 13.0 Å². The largest absolute Gasteiger partial charge is 0.508 e. The van der Waals surface area contributed by atoms with Crippen molar-refractivity contribution in [2.45, 2.75) is 46.0 Å². The van der Waals surface area contributed by atoms with Gasteiger partial charge in [0.1, 0.15) is 5.75 Å². The minimum absolute atomic E-state index is 0.0812. The van der Waals surface area contributed by atoms with E-state index in [9.17, 15) is 9.90 Å². The van der Waals surface area contributed by atoms with Crippen LogP contribution in [0.1, 0.15) is 44.7 Å². The zero-order valence-electron chi connectivity index (χ0n) is 11.5. The Morgan fingerprint density at radius 2 is 2.00 bits per heavy atom. The molecule has 0 aliphatic rings. The van der Waals surface area contributed by atoms with Gasteiger partial charge in [0.25, 0.3) is 0 Å². The van der Waals surface area contributed by atoms with Crippen molar-refractivity contribution in [2.75, 3.05) is 0 Å². The Labute approximate surface area is 108 Å². The molecule has 1 aromatic carbocycles. The van der Waals surface area contributed by atoms with Gasteiger partial charge in [-0.15, -0.1) is 0 Å². The van der Waals surface area contributed by atoms with Crippen LogP contribution in [0.2, 0.25) is 0 Å². The number of carboxylic acid groups (broad SMARTS) is 1. The smallest absolute Gasteiger partial charge is 0.306 e. The summed E-state index contributed by atoms with van der Waals surface area (Å²) in [4.78, 5) is 10.8. The van der Waals surface area contributed by atoms with E-state index in [1.165, 1.54) is 0 Å². The third-order valence-corrected chi connectivity index (χ3v) is 3.60. The average Bonchev–Trinajstić information content (AvgIpc) is 2.29. The third kappa shape index (κ3) is 3.49. The van der Waals surface area contributed by atoms with Crippen LogP contribution < -0.4 is 0 Å². The zero-order chi connectivity index (χ0) is 13.9. The van der Waals surface area contributed by atoms with E-state index < -0.39 is 5.97 Å². The summed E-state index contributed by atoms with van der Waals surface area (Å²) in [5.74, 6) is -0.761. The monoisotopic (exact) mass is 250 g/mol. The van der Waals surface area contributed by atoms with Crippen LogP contribution in [0.15, 0.2) is 18.2 Å². The van der Waals surface area contributed by atoms with Gasteiger partial charge in [0.15, 0.2) is 0 Å². The van der Waals surface area contributed by atoms with Gasteiger partial charge >= 0.3 is 5.97 Å². The van der Waals surface area contributed by atoms with Crippen LogP contribution in [0, 0.1) is 12.8 Å². The van der Waals surface area contributed by atoms with Crippen molar-refractivity contribution in [3.05, 3.63) is 29.3 Å². The average molecular weight is 250 g/mol. The maximum absolute atomic E-state index is 10.8. The summed E-state index contributed by atoms with van der Waals surface area (Å²) < 4.78 is 0. The van der Waals surface area contributed by atoms with Crippen molar-refractivity contribution in [3.63, 3.8) is 0 Å². The van der Waals surface area contributed by atoms with Gasteiger partial charge < -0.3 is 10.2 Å². The van der Waals surface area contributed by atoms with Crippen molar-refractivity contribution in [3.8, 4) is 5.75 Å². The van der Waals surface area contributed by atoms with Crippen LogP contribution in [0.4, 0.5) is 0 Å². The first-order valence-corrected chi connectivity index (χ1v) is 6.27. The standard InChI is InChI=1S/C15H22O3/c1-10(14(17)18)7-8-15(3,4)12-5-6-13(16)11(2)9-12/h5-6,9-10,16H,7-8H2,1-4H3,(H,17,18). The lowest BCUT2D eigenvalue weighted by atomic mass is 9.78. The number of aliphatic carboxylic acids is 1. The SMILES string of the molecule is Cc1cc(C(C)(C)CCC(C)C(=O)O)ccc1O. The van der Waals surface area contributed by atoms with Crippen molar-refractivity contribution < 1.29 is 15.0 Å². The van der Waals surface area contributed by atoms with E-state index in [-0.39, 0.29) is 11.3 Å². The Hall–Kier alpha value is -1.51. The summed E-state index contributed by atoms with van der Waals surface area (Å²) in [6, 6.07) is 5.58. The highest BCUT2D eigenvalue weighted by Gasteiger charge is 2.23. The predicted octanol–water partition coefficient (Wildman–Crippen LogP) is 3.48. The lowest BCUT2D eigenvalue weighted by Crippen LogP contribution is -2.20. The van der Waals surface area contributed by atoms with E-state index in [4.69, 9.17) is 5.11 Å². The molecule has 0 aliphatic heterocycles. The molecule has 0 heterocycles. The first-order valence-electron chi connectivity index (χ1n) is 6.27. The molecule has 1 atom stereocenters. The Bertz CT molecular complexity index is 435. The molecule has 0 saturated carbocycles. The number of phenolic OH excluding ortho intramolecular Hbond substituents is 1. The predicted molar refractivity (Wildman–Crippen MR) is 71.9 cm³/mol. The topological polar surface area (TPSA) is 57.5 Å². The van der Waals surface area contributed by atoms with Crippen LogP contribution in [0.25, 0.3) is 0 Å². The van der Waals surface area contributed by atoms with E-state index in [0.717, 1.165) is 17.5 Å². The molecule has 0 saturated heterocycles. The highest BCUT2D eigenvalue weighted by molar-refractivity contribution is 5.69. The molecule has 1 rings (SSSR count). The first kappa shape index (κ1) is 14.6. The summed E-state index contributed by atoms with van der Waals surface area (Å²) in [6.07, 6.45) is 1.47. The van der Waals surface area contributed by atoms with Crippen molar-refractivity contribution in [1.82, 2.24) is 0 Å². The number of benzene rings is 1. The number of carbonyl (C=O) groups is 1. The van der Waals surface area contributed by atoms with Crippen molar-refractivity contribution >= 4 is 5.97 Å². The minimum Gasteiger partial charge on any atom is -0.508 e. The molecular formula is C15H22O3. The van der Waals surface area contributed by atoms with Crippen LogP contribution in [0.5, 0.6) is 5.75 Å². The summed E-state index contributed by atoms with van der Waals surface area (Å²) in [6.45, 7) is 7.82. The molecule has 1 aromatic rings. The number of aryl methyl sites for hydroxylation is 1. The molecule has 3 heteroatoms. The molecule has 100 valence electrons. The third-order valence-electron chi connectivity index (χ3n) is 3.60. The number of hydrogen-bond donors (Lipinski definition) is 2. The van der Waals surface area contributed by atoms with E-state index in [0.29, 0.717) is 12.2 Å². The number of carboxylic acids is 1. The summed E-state index contributed by atoms with van der Waals surface area (Å²) in [5.41, 5.74) is 1.91. The van der Waals surface area contributed by atoms with Crippen LogP contribution in [0.3, 0.4) is 0 Å². The fraction of sp³-hybridized carbons (Fsp3) is 0.533. The molecule has 0 amide bonds. The fourth-order valence-corrected chi connectivity index (χ4v) is 1.92. The van der Waals surface area contributed by atoms with Gasteiger partial charge in [-0.3, -0.25) is 4.79 Å². The number of rotatable bonds is 5. The number of aromatic hydroxyl groups is 1. The summed E-state index contributed by atoms with van der Waals surface area (Å²) in [7, 11) is 0. The van der Waals surface area contributed by atoms with E-state index in [2.05, 4.69) is 13.8 Å². The van der Waals surface area contributed by atoms with Gasteiger partial charge in [-0.2, -0.15) is 0 Å². The molecular weight excluding hydrogens is 228 g/mol. The van der Waals surface area contributed by atoms with Crippen molar-refractivity contribution in [1.29, 1.82) is 0 Å². The molecule has 0 aromatic heterocycles. The number of hydrogen-bond acceptors (Lipinski definition) is 2. The first-order chi connectivity index (χ1) is 8.24. The van der Waals surface area contributed by atoms with Gasteiger partial charge in [0.05, 0.1) is 5.92 Å². The molecule has 1 unspecified atom stereocenters. The van der Waals surface area contributed by atoms with Crippen LogP contribution >= 0.6 is 0 Å². The lowest BCUT2D eigenvalue weighted by molar-refractivity contribution is -0.141. The summed E-state index contributed by atoms with van der Waals surface area (Å²) >= 11 is 0. The highest BCUT2D eigenvalue weighted by atomic mass is 16.4. The second-order valence-electron chi connectivity index (χ2n) is 5.66. The van der Waals surface area contributed by atoms with Crippen molar-refractivity contribution in [2.24, 2.45) is 5.92 Å². The molecule has 3 nitrogen and oxygen atoms in total. The van der Waals surface area contributed by atoms with Gasteiger partial charge in [0, 0.05) is 0 Å². The van der Waals surface area contributed by atoms with Gasteiger partial charge in [-0.05, 0) is 42.4 Å². The highest BCUT2D eigenvalue weighted by Crippen LogP contribution is 2.32. The lowest BCUT2D eigenvalue weighted by Gasteiger charge is -2.26. The molecule has 0 spiro atoms. The van der Waals surface area contributed by atoms with Crippen LogP contribution in [-0.4, -0.2) is 16.2 Å². The Morgan fingerprint density at radius 1 is 1.39 bits per heavy atom. The van der Waals surface area contributed by atoms with Gasteiger partial charge in [-0.25, -0.2) is 0 Å². The molecule has 0 fully saturated rings. The van der Waals surface area contributed by atoms with Crippen LogP contribution in [-0.2, 0) is 10.2 Å². The quantitative estimate of drug-likeness (QED) is 0.841. The Morgan fingerprint density at radius 3 is 2.50 bits per heavy atom. The molecule has 0 radical (unpaired) electrons. The molecule has 2 N–H and O–H groups in total. The molecule has 0 aliphatic carbocycles. The second kappa shape index (κ2) is 5.42. The maximum Gasteiger partial charge on any atom is 0.306 e. The van der Waals surface area contributed by atoms with Gasteiger partial charge in [0.2, 0.25) is 0 Å². The minimum atomic E-state index is -0.743.